The molecule has 0 amide bonds. The minimum atomic E-state index is -2.89. The molecule has 108 valence electrons. The SMILES string of the molecule is CC(=O)[C@]1(O)[C@@](O)(C(C)=O)CS[C@H](Br)[C@@]1(O)C(C)=O. The zero-order valence-corrected chi connectivity index (χ0v) is 13.0. The van der Waals surface area contributed by atoms with Gasteiger partial charge < -0.3 is 15.3 Å². The van der Waals surface area contributed by atoms with E-state index >= 15 is 0 Å². The first-order chi connectivity index (χ1) is 8.46. The van der Waals surface area contributed by atoms with Gasteiger partial charge in [-0.15, -0.1) is 11.8 Å². The van der Waals surface area contributed by atoms with Crippen LogP contribution in [-0.2, 0) is 14.4 Å². The molecule has 0 unspecified atom stereocenters. The second-order valence-electron chi connectivity index (χ2n) is 4.63. The van der Waals surface area contributed by atoms with Gasteiger partial charge >= 0.3 is 0 Å². The number of hydrogen-bond donors (Lipinski definition) is 3. The van der Waals surface area contributed by atoms with E-state index in [0.29, 0.717) is 0 Å². The summed E-state index contributed by atoms with van der Waals surface area (Å²) >= 11 is 3.88. The second-order valence-corrected chi connectivity index (χ2v) is 7.25. The number of ketones is 3. The molecule has 1 saturated heterocycles. The zero-order chi connectivity index (χ0) is 15.2. The standard InChI is InChI=1S/C11H15BrO6S/c1-5(13)9(16)4-19-8(12)10(17,6(2)14)11(9,18)7(3)15/h8,16-18H,4H2,1-3H3/t8-,9-,10-,11-/m0/s1. The van der Waals surface area contributed by atoms with Gasteiger partial charge in [0.05, 0.1) is 4.16 Å². The first-order valence-electron chi connectivity index (χ1n) is 5.42. The van der Waals surface area contributed by atoms with E-state index in [1.165, 1.54) is 0 Å². The molecule has 1 fully saturated rings. The van der Waals surface area contributed by atoms with Crippen LogP contribution in [0.4, 0.5) is 0 Å². The maximum absolute atomic E-state index is 11.8. The topological polar surface area (TPSA) is 112 Å². The third-order valence-corrected chi connectivity index (χ3v) is 6.22. The third kappa shape index (κ3) is 1.92. The molecule has 3 N–H and O–H groups in total. The summed E-state index contributed by atoms with van der Waals surface area (Å²) < 4.78 is -1.02. The molecule has 6 nitrogen and oxygen atoms in total. The molecule has 0 saturated carbocycles. The second kappa shape index (κ2) is 4.92. The van der Waals surface area contributed by atoms with Crippen LogP contribution >= 0.6 is 27.7 Å². The Bertz CT molecular complexity index is 454. The molecule has 1 heterocycles. The van der Waals surface area contributed by atoms with Crippen LogP contribution in [0.5, 0.6) is 0 Å². The molecule has 19 heavy (non-hydrogen) atoms. The summed E-state index contributed by atoms with van der Waals surface area (Å²) in [6.07, 6.45) is 0. The van der Waals surface area contributed by atoms with Crippen LogP contribution in [0.3, 0.4) is 0 Å². The first kappa shape index (κ1) is 16.8. The molecule has 1 aliphatic rings. The fourth-order valence-electron chi connectivity index (χ4n) is 2.23. The van der Waals surface area contributed by atoms with Crippen molar-refractivity contribution < 1.29 is 29.7 Å². The highest BCUT2D eigenvalue weighted by atomic mass is 79.9. The molecular weight excluding hydrogens is 340 g/mol. The van der Waals surface area contributed by atoms with Gasteiger partial charge in [-0.05, 0) is 20.8 Å². The molecule has 1 aliphatic heterocycles. The number of rotatable bonds is 3. The summed E-state index contributed by atoms with van der Waals surface area (Å²) in [6, 6.07) is 0. The third-order valence-electron chi connectivity index (χ3n) is 3.55. The molecule has 0 aromatic rings. The van der Waals surface area contributed by atoms with Crippen molar-refractivity contribution in [1.29, 1.82) is 0 Å². The predicted octanol–water partition coefficient (Wildman–Crippen LogP) is -0.586. The lowest BCUT2D eigenvalue weighted by atomic mass is 9.66. The van der Waals surface area contributed by atoms with Crippen LogP contribution in [0.2, 0.25) is 0 Å². The van der Waals surface area contributed by atoms with Crippen molar-refractivity contribution in [2.75, 3.05) is 5.75 Å². The number of aliphatic hydroxyl groups is 3. The van der Waals surface area contributed by atoms with Crippen LogP contribution in [0, 0.1) is 0 Å². The zero-order valence-electron chi connectivity index (χ0n) is 10.6. The largest absolute Gasteiger partial charge is 0.378 e. The smallest absolute Gasteiger partial charge is 0.197 e. The van der Waals surface area contributed by atoms with Gasteiger partial charge in [-0.1, -0.05) is 15.9 Å². The Balaban J connectivity index is 3.65. The average Bonchev–Trinajstić information content (AvgIpc) is 2.30. The Morgan fingerprint density at radius 3 is 1.84 bits per heavy atom. The van der Waals surface area contributed by atoms with Gasteiger partial charge in [-0.2, -0.15) is 0 Å². The summed E-state index contributed by atoms with van der Waals surface area (Å²) in [4.78, 5) is 35.2. The van der Waals surface area contributed by atoms with Crippen LogP contribution in [0.25, 0.3) is 0 Å². The van der Waals surface area contributed by atoms with Gasteiger partial charge in [0.1, 0.15) is 0 Å². The molecule has 1 rings (SSSR count). The monoisotopic (exact) mass is 354 g/mol. The Hall–Kier alpha value is -0.280. The lowest BCUT2D eigenvalue weighted by Gasteiger charge is -2.53. The molecular formula is C11H15BrO6S. The Morgan fingerprint density at radius 1 is 1.05 bits per heavy atom. The highest BCUT2D eigenvalue weighted by molar-refractivity contribution is 9.11. The number of carbonyl (C=O) groups is 3. The lowest BCUT2D eigenvalue weighted by molar-refractivity contribution is -0.222. The van der Waals surface area contributed by atoms with Crippen molar-refractivity contribution in [3.8, 4) is 0 Å². The molecule has 0 spiro atoms. The number of Topliss-reactive ketones (excluding diaryl/α,β-unsaturated/α-hetero) is 3. The molecule has 4 atom stereocenters. The molecule has 0 aliphatic carbocycles. The van der Waals surface area contributed by atoms with Crippen molar-refractivity contribution in [2.24, 2.45) is 0 Å². The lowest BCUT2D eigenvalue weighted by Crippen LogP contribution is -2.81. The van der Waals surface area contributed by atoms with E-state index in [-0.39, 0.29) is 5.75 Å². The van der Waals surface area contributed by atoms with Gasteiger partial charge in [0.15, 0.2) is 34.2 Å². The van der Waals surface area contributed by atoms with E-state index in [1.807, 2.05) is 0 Å². The van der Waals surface area contributed by atoms with Gasteiger partial charge in [0.25, 0.3) is 0 Å². The van der Waals surface area contributed by atoms with Gasteiger partial charge in [-0.3, -0.25) is 14.4 Å². The van der Waals surface area contributed by atoms with E-state index < -0.39 is 38.3 Å². The van der Waals surface area contributed by atoms with Crippen LogP contribution in [-0.4, -0.2) is 59.4 Å². The highest BCUT2D eigenvalue weighted by Gasteiger charge is 2.74. The van der Waals surface area contributed by atoms with Gasteiger partial charge in [-0.25, -0.2) is 0 Å². The summed E-state index contributed by atoms with van der Waals surface area (Å²) in [5.41, 5.74) is -8.01. The highest BCUT2D eigenvalue weighted by Crippen LogP contribution is 2.50. The van der Waals surface area contributed by atoms with Crippen molar-refractivity contribution in [3.63, 3.8) is 0 Å². The number of halogens is 1. The quantitative estimate of drug-likeness (QED) is 0.581. The van der Waals surface area contributed by atoms with E-state index in [2.05, 4.69) is 15.9 Å². The first-order valence-corrected chi connectivity index (χ1v) is 7.38. The van der Waals surface area contributed by atoms with Crippen LogP contribution < -0.4 is 0 Å². The molecule has 0 aromatic carbocycles. The van der Waals surface area contributed by atoms with Gasteiger partial charge in [0, 0.05) is 5.75 Å². The van der Waals surface area contributed by atoms with E-state index in [9.17, 15) is 29.7 Å². The fourth-order valence-corrected chi connectivity index (χ4v) is 4.66. The number of alkyl halides is 1. The number of thioether (sulfide) groups is 1. The number of hydrogen-bond acceptors (Lipinski definition) is 7. The number of carbonyl (C=O) groups excluding carboxylic acids is 3. The summed E-state index contributed by atoms with van der Waals surface area (Å²) in [7, 11) is 0. The fraction of sp³-hybridized carbons (Fsp3) is 0.727. The van der Waals surface area contributed by atoms with Crippen molar-refractivity contribution in [1.82, 2.24) is 0 Å². The molecule has 0 aromatic heterocycles. The van der Waals surface area contributed by atoms with Crippen molar-refractivity contribution in [3.05, 3.63) is 0 Å². The Kier molecular flexibility index (Phi) is 4.35. The molecule has 0 radical (unpaired) electrons. The Morgan fingerprint density at radius 2 is 1.53 bits per heavy atom. The van der Waals surface area contributed by atoms with Crippen molar-refractivity contribution in [2.45, 2.75) is 41.7 Å². The predicted molar refractivity (Wildman–Crippen MR) is 72.1 cm³/mol. The minimum Gasteiger partial charge on any atom is -0.378 e. The summed E-state index contributed by atoms with van der Waals surface area (Å²) in [5.74, 6) is -3.17. The Labute approximate surface area is 122 Å². The van der Waals surface area contributed by atoms with Gasteiger partial charge in [0.2, 0.25) is 0 Å². The van der Waals surface area contributed by atoms with E-state index in [4.69, 9.17) is 0 Å². The molecule has 8 heteroatoms. The van der Waals surface area contributed by atoms with Crippen LogP contribution in [0.1, 0.15) is 20.8 Å². The normalized spacial score (nSPS) is 42.8. The average molecular weight is 355 g/mol. The minimum absolute atomic E-state index is 0.316. The summed E-state index contributed by atoms with van der Waals surface area (Å²) in [6.45, 7) is 2.88. The van der Waals surface area contributed by atoms with E-state index in [1.54, 1.807) is 0 Å². The van der Waals surface area contributed by atoms with Crippen LogP contribution in [0.15, 0.2) is 0 Å². The van der Waals surface area contributed by atoms with E-state index in [0.717, 1.165) is 32.5 Å². The maximum atomic E-state index is 11.8. The maximum Gasteiger partial charge on any atom is 0.197 e. The molecule has 0 bridgehead atoms. The summed E-state index contributed by atoms with van der Waals surface area (Å²) in [5, 5.41) is 31.4. The van der Waals surface area contributed by atoms with Crippen molar-refractivity contribution >= 4 is 45.0 Å².